The van der Waals surface area contributed by atoms with E-state index in [2.05, 4.69) is 20.7 Å². The molecule has 1 fully saturated rings. The largest absolute Gasteiger partial charge is 0.391 e. The van der Waals surface area contributed by atoms with Gasteiger partial charge < -0.3 is 15.7 Å². The summed E-state index contributed by atoms with van der Waals surface area (Å²) in [5.74, 6) is 0.517. The fraction of sp³-hybridized carbons (Fsp3) is 0.438. The minimum atomic E-state index is -0.570. The van der Waals surface area contributed by atoms with Crippen LogP contribution in [0.2, 0.25) is 5.02 Å². The number of pyridine rings is 1. The van der Waals surface area contributed by atoms with Crippen LogP contribution in [0.1, 0.15) is 23.2 Å². The highest BCUT2D eigenvalue weighted by Gasteiger charge is 2.34. The Morgan fingerprint density at radius 2 is 2.33 bits per heavy atom. The molecule has 7 nitrogen and oxygen atoms in total. The Morgan fingerprint density at radius 1 is 1.50 bits per heavy atom. The summed E-state index contributed by atoms with van der Waals surface area (Å²) >= 11 is 5.87. The number of halogens is 1. The van der Waals surface area contributed by atoms with Crippen LogP contribution in [0.4, 0.5) is 5.82 Å². The summed E-state index contributed by atoms with van der Waals surface area (Å²) in [5.41, 5.74) is 0.467. The van der Waals surface area contributed by atoms with Gasteiger partial charge in [-0.05, 0) is 30.9 Å². The zero-order valence-electron chi connectivity index (χ0n) is 13.3. The summed E-state index contributed by atoms with van der Waals surface area (Å²) in [6, 6.07) is 3.14. The number of anilines is 1. The Hall–Kier alpha value is -2.12. The minimum absolute atomic E-state index is 0.235. The van der Waals surface area contributed by atoms with E-state index in [1.807, 2.05) is 0 Å². The molecule has 3 rings (SSSR count). The number of aliphatic hydroxyl groups is 1. The van der Waals surface area contributed by atoms with Gasteiger partial charge in [-0.3, -0.25) is 9.48 Å². The van der Waals surface area contributed by atoms with Gasteiger partial charge in [0.2, 0.25) is 0 Å². The van der Waals surface area contributed by atoms with Crippen LogP contribution in [0, 0.1) is 5.92 Å². The van der Waals surface area contributed by atoms with Crippen LogP contribution in [-0.2, 0) is 6.54 Å². The van der Waals surface area contributed by atoms with Crippen molar-refractivity contribution in [1.82, 2.24) is 20.1 Å². The van der Waals surface area contributed by atoms with Crippen molar-refractivity contribution >= 4 is 23.3 Å². The molecule has 0 spiro atoms. The number of nitrogens with zero attached hydrogens (tertiary/aromatic N) is 3. The molecule has 8 heteroatoms. The maximum Gasteiger partial charge on any atom is 0.255 e. The second kappa shape index (κ2) is 7.19. The second-order valence-electron chi connectivity index (χ2n) is 6.01. The van der Waals surface area contributed by atoms with Crippen LogP contribution in [-0.4, -0.2) is 45.0 Å². The molecule has 1 amide bonds. The first-order valence-corrected chi connectivity index (χ1v) is 8.24. The third-order valence-corrected chi connectivity index (χ3v) is 4.47. The van der Waals surface area contributed by atoms with Crippen LogP contribution in [0.3, 0.4) is 0 Å². The average molecular weight is 350 g/mol. The average Bonchev–Trinajstić information content (AvgIpc) is 3.13. The van der Waals surface area contributed by atoms with Gasteiger partial charge in [-0.2, -0.15) is 5.10 Å². The topological polar surface area (TPSA) is 92.1 Å². The van der Waals surface area contributed by atoms with E-state index in [0.717, 1.165) is 0 Å². The lowest BCUT2D eigenvalue weighted by Gasteiger charge is -2.17. The molecular weight excluding hydrogens is 330 g/mol. The van der Waals surface area contributed by atoms with Crippen LogP contribution < -0.4 is 10.6 Å². The summed E-state index contributed by atoms with van der Waals surface area (Å²) < 4.78 is 1.77. The van der Waals surface area contributed by atoms with Crippen LogP contribution in [0.15, 0.2) is 30.7 Å². The van der Waals surface area contributed by atoms with Crippen molar-refractivity contribution < 1.29 is 9.90 Å². The first-order chi connectivity index (χ1) is 11.6. The quantitative estimate of drug-likeness (QED) is 0.761. The van der Waals surface area contributed by atoms with Gasteiger partial charge in [0.25, 0.3) is 5.91 Å². The number of carbonyl (C=O) groups is 1. The smallest absolute Gasteiger partial charge is 0.255 e. The molecule has 2 aromatic heterocycles. The van der Waals surface area contributed by atoms with E-state index in [1.165, 1.54) is 0 Å². The third kappa shape index (κ3) is 3.68. The van der Waals surface area contributed by atoms with E-state index in [4.69, 9.17) is 11.6 Å². The Morgan fingerprint density at radius 3 is 3.04 bits per heavy atom. The van der Waals surface area contributed by atoms with E-state index in [9.17, 15) is 9.90 Å². The Bertz CT molecular complexity index is 720. The minimum Gasteiger partial charge on any atom is -0.391 e. The molecule has 0 aliphatic heterocycles. The lowest BCUT2D eigenvalue weighted by molar-refractivity contribution is 0.0873. The molecule has 0 aromatic carbocycles. The van der Waals surface area contributed by atoms with Crippen molar-refractivity contribution in [2.45, 2.75) is 31.5 Å². The standard InChI is InChI=1S/C16H20ClN5O2/c1-18-15-12(3-2-4-19-15)16(24)21-13-5-10(6-14(13)23)8-22-9-11(17)7-20-22/h2-4,7,9-10,13-14,23H,5-6,8H2,1H3,(H,18,19)(H,21,24)/t10?,13-,14-/m1/s1. The van der Waals surface area contributed by atoms with Crippen molar-refractivity contribution in [2.24, 2.45) is 5.92 Å². The highest BCUT2D eigenvalue weighted by molar-refractivity contribution is 6.30. The van der Waals surface area contributed by atoms with E-state index in [1.54, 1.807) is 42.5 Å². The number of nitrogens with one attached hydrogen (secondary N) is 2. The van der Waals surface area contributed by atoms with Crippen molar-refractivity contribution in [1.29, 1.82) is 0 Å². The number of hydrogen-bond acceptors (Lipinski definition) is 5. The number of carbonyl (C=O) groups excluding carboxylic acids is 1. The van der Waals surface area contributed by atoms with Gasteiger partial charge >= 0.3 is 0 Å². The van der Waals surface area contributed by atoms with Crippen molar-refractivity contribution in [2.75, 3.05) is 12.4 Å². The Balaban J connectivity index is 1.62. The maximum absolute atomic E-state index is 12.5. The predicted octanol–water partition coefficient (Wildman–Crippen LogP) is 1.54. The zero-order valence-corrected chi connectivity index (χ0v) is 14.1. The van der Waals surface area contributed by atoms with Gasteiger partial charge in [0.05, 0.1) is 28.9 Å². The van der Waals surface area contributed by atoms with E-state index < -0.39 is 6.10 Å². The molecule has 3 N–H and O–H groups in total. The molecule has 1 saturated carbocycles. The third-order valence-electron chi connectivity index (χ3n) is 4.28. The molecule has 2 heterocycles. The molecule has 1 unspecified atom stereocenters. The fourth-order valence-electron chi connectivity index (χ4n) is 3.16. The van der Waals surface area contributed by atoms with Crippen molar-refractivity contribution in [3.05, 3.63) is 41.3 Å². The SMILES string of the molecule is CNc1ncccc1C(=O)N[C@@H]1CC(Cn2cc(Cl)cn2)C[C@H]1O. The van der Waals surface area contributed by atoms with Crippen LogP contribution in [0.25, 0.3) is 0 Å². The number of aromatic nitrogens is 3. The summed E-state index contributed by atoms with van der Waals surface area (Å²) in [6.45, 7) is 0.671. The molecule has 2 aromatic rings. The number of amides is 1. The van der Waals surface area contributed by atoms with Crippen molar-refractivity contribution in [3.63, 3.8) is 0 Å². The number of rotatable bonds is 5. The zero-order chi connectivity index (χ0) is 17.1. The van der Waals surface area contributed by atoms with Crippen molar-refractivity contribution in [3.8, 4) is 0 Å². The molecular formula is C16H20ClN5O2. The van der Waals surface area contributed by atoms with Gasteiger partial charge in [-0.1, -0.05) is 11.6 Å². The van der Waals surface area contributed by atoms with E-state index in [0.29, 0.717) is 35.8 Å². The second-order valence-corrected chi connectivity index (χ2v) is 6.45. The summed E-state index contributed by atoms with van der Waals surface area (Å²) in [7, 11) is 1.72. The van der Waals surface area contributed by atoms with Crippen LogP contribution in [0.5, 0.6) is 0 Å². The van der Waals surface area contributed by atoms with Crippen LogP contribution >= 0.6 is 11.6 Å². The Labute approximate surface area is 145 Å². The Kier molecular flexibility index (Phi) is 5.01. The maximum atomic E-state index is 12.5. The highest BCUT2D eigenvalue weighted by Crippen LogP contribution is 2.28. The lowest BCUT2D eigenvalue weighted by atomic mass is 10.1. The molecule has 3 atom stereocenters. The molecule has 0 radical (unpaired) electrons. The molecule has 128 valence electrons. The molecule has 1 aliphatic carbocycles. The first-order valence-electron chi connectivity index (χ1n) is 7.86. The number of aliphatic hydroxyl groups excluding tert-OH is 1. The highest BCUT2D eigenvalue weighted by atomic mass is 35.5. The lowest BCUT2D eigenvalue weighted by Crippen LogP contribution is -2.40. The first kappa shape index (κ1) is 16.7. The van der Waals surface area contributed by atoms with Gasteiger partial charge in [-0.25, -0.2) is 4.98 Å². The summed E-state index contributed by atoms with van der Waals surface area (Å²) in [6.07, 6.45) is 5.72. The van der Waals surface area contributed by atoms with Gasteiger partial charge in [0, 0.05) is 26.0 Å². The summed E-state index contributed by atoms with van der Waals surface area (Å²) in [5, 5.41) is 20.8. The number of hydrogen-bond donors (Lipinski definition) is 3. The van der Waals surface area contributed by atoms with E-state index >= 15 is 0 Å². The molecule has 0 bridgehead atoms. The fourth-order valence-corrected chi connectivity index (χ4v) is 3.32. The van der Waals surface area contributed by atoms with Gasteiger partial charge in [0.1, 0.15) is 5.82 Å². The molecule has 24 heavy (non-hydrogen) atoms. The summed E-state index contributed by atoms with van der Waals surface area (Å²) in [4.78, 5) is 16.6. The molecule has 0 saturated heterocycles. The van der Waals surface area contributed by atoms with E-state index in [-0.39, 0.29) is 17.9 Å². The van der Waals surface area contributed by atoms with Gasteiger partial charge in [0.15, 0.2) is 0 Å². The monoisotopic (exact) mass is 349 g/mol. The normalized spacial score (nSPS) is 23.2. The molecule has 1 aliphatic rings. The van der Waals surface area contributed by atoms with Gasteiger partial charge in [-0.15, -0.1) is 0 Å². The predicted molar refractivity (Wildman–Crippen MR) is 91.0 cm³/mol.